The maximum Gasteiger partial charge on any atom is 0.233 e. The number of primary amides is 1. The van der Waals surface area contributed by atoms with Gasteiger partial charge in [-0.1, -0.05) is 35.5 Å². The second-order valence-corrected chi connectivity index (χ2v) is 8.96. The van der Waals surface area contributed by atoms with Gasteiger partial charge in [-0.25, -0.2) is 0 Å². The molecule has 8 nitrogen and oxygen atoms in total. The van der Waals surface area contributed by atoms with Crippen molar-refractivity contribution in [3.63, 3.8) is 0 Å². The van der Waals surface area contributed by atoms with Crippen molar-refractivity contribution >= 4 is 35.2 Å². The van der Waals surface area contributed by atoms with Crippen molar-refractivity contribution < 1.29 is 14.3 Å². The smallest absolute Gasteiger partial charge is 0.233 e. The molecule has 1 aliphatic heterocycles. The summed E-state index contributed by atoms with van der Waals surface area (Å²) >= 11 is 7.23. The molecule has 1 aromatic carbocycles. The molecule has 1 aromatic heterocycles. The predicted octanol–water partition coefficient (Wildman–Crippen LogP) is 2.33. The van der Waals surface area contributed by atoms with Gasteiger partial charge in [0.25, 0.3) is 0 Å². The zero-order valence-corrected chi connectivity index (χ0v) is 18.4. The average molecular weight is 452 g/mol. The van der Waals surface area contributed by atoms with Gasteiger partial charge in [-0.2, -0.15) is 0 Å². The van der Waals surface area contributed by atoms with Gasteiger partial charge in [0.15, 0.2) is 5.16 Å². The van der Waals surface area contributed by atoms with E-state index in [1.54, 1.807) is 12.1 Å². The maximum atomic E-state index is 12.6. The average Bonchev–Trinajstić information content (AvgIpc) is 3.36. The van der Waals surface area contributed by atoms with Crippen LogP contribution in [-0.2, 0) is 33.8 Å². The summed E-state index contributed by atoms with van der Waals surface area (Å²) < 4.78 is 7.70. The lowest BCUT2D eigenvalue weighted by Crippen LogP contribution is -2.30. The van der Waals surface area contributed by atoms with E-state index in [2.05, 4.69) is 15.5 Å². The monoisotopic (exact) mass is 451 g/mol. The van der Waals surface area contributed by atoms with Crippen LogP contribution in [0.2, 0.25) is 5.02 Å². The highest BCUT2D eigenvalue weighted by Gasteiger charge is 2.24. The number of hydrogen-bond acceptors (Lipinski definition) is 6. The first-order valence-corrected chi connectivity index (χ1v) is 11.2. The summed E-state index contributed by atoms with van der Waals surface area (Å²) in [6, 6.07) is 7.35. The van der Waals surface area contributed by atoms with Crippen molar-refractivity contribution in [1.82, 2.24) is 20.1 Å². The molecular weight excluding hydrogens is 426 g/mol. The van der Waals surface area contributed by atoms with E-state index in [0.29, 0.717) is 35.5 Å². The van der Waals surface area contributed by atoms with Crippen molar-refractivity contribution in [2.24, 2.45) is 5.73 Å². The van der Waals surface area contributed by atoms with Crippen LogP contribution in [0.1, 0.15) is 37.6 Å². The van der Waals surface area contributed by atoms with Crippen LogP contribution in [0.5, 0.6) is 0 Å². The van der Waals surface area contributed by atoms with Crippen LogP contribution in [-0.4, -0.2) is 44.5 Å². The molecule has 2 heterocycles. The first-order valence-electron chi connectivity index (χ1n) is 9.93. The van der Waals surface area contributed by atoms with Gasteiger partial charge in [0.05, 0.1) is 17.9 Å². The summed E-state index contributed by atoms with van der Waals surface area (Å²) in [5.74, 6) is 0.201. The molecule has 162 valence electrons. The fraction of sp³-hybridized carbons (Fsp3) is 0.500. The lowest BCUT2D eigenvalue weighted by atomic mass is 10.2. The largest absolute Gasteiger partial charge is 0.376 e. The number of aromatic nitrogens is 3. The summed E-state index contributed by atoms with van der Waals surface area (Å²) in [5.41, 5.74) is 6.26. The molecule has 0 aliphatic carbocycles. The van der Waals surface area contributed by atoms with E-state index in [1.165, 1.54) is 11.8 Å². The Morgan fingerprint density at radius 1 is 1.37 bits per heavy atom. The van der Waals surface area contributed by atoms with Crippen molar-refractivity contribution in [2.75, 3.05) is 6.61 Å². The summed E-state index contributed by atoms with van der Waals surface area (Å²) in [4.78, 5) is 23.7. The van der Waals surface area contributed by atoms with E-state index in [0.717, 1.165) is 25.0 Å². The molecule has 0 bridgehead atoms. The molecule has 2 aromatic rings. The fourth-order valence-electron chi connectivity index (χ4n) is 3.15. The van der Waals surface area contributed by atoms with Gasteiger partial charge in [0.1, 0.15) is 5.82 Å². The molecule has 0 saturated carbocycles. The molecular formula is C20H26ClN5O3S. The van der Waals surface area contributed by atoms with E-state index >= 15 is 0 Å². The Labute approximate surface area is 184 Å². The number of carbonyl (C=O) groups excluding carboxylic acids is 2. The minimum Gasteiger partial charge on any atom is -0.376 e. The minimum absolute atomic E-state index is 0.0849. The zero-order chi connectivity index (χ0) is 21.5. The van der Waals surface area contributed by atoms with Gasteiger partial charge in [-0.3, -0.25) is 9.59 Å². The Hall–Kier alpha value is -2.10. The number of nitrogens with two attached hydrogens (primary N) is 1. The molecule has 2 unspecified atom stereocenters. The first-order chi connectivity index (χ1) is 14.4. The Kier molecular flexibility index (Phi) is 8.12. The number of carbonyl (C=O) groups is 2. The Morgan fingerprint density at radius 3 is 2.80 bits per heavy atom. The van der Waals surface area contributed by atoms with Crippen LogP contribution in [0.25, 0.3) is 0 Å². The number of nitrogens with one attached hydrogen (secondary N) is 1. The number of hydrogen-bond donors (Lipinski definition) is 2. The Bertz CT molecular complexity index is 868. The second-order valence-electron chi connectivity index (χ2n) is 7.22. The second kappa shape index (κ2) is 10.8. The molecule has 3 N–H and O–H groups in total. The normalized spacial score (nSPS) is 17.1. The molecule has 1 aliphatic rings. The standard InChI is InChI=1S/C20H26ClN5O3S/c1-13(19(28)23-11-14-4-6-15(21)7-5-14)30-20-25-24-18(9-8-17(22)27)26(20)12-16-3-2-10-29-16/h4-7,13,16H,2-3,8-12H2,1H3,(H2,22,27)(H,23,28). The van der Waals surface area contributed by atoms with Gasteiger partial charge in [0.2, 0.25) is 11.8 Å². The highest BCUT2D eigenvalue weighted by atomic mass is 35.5. The van der Waals surface area contributed by atoms with Gasteiger partial charge in [-0.15, -0.1) is 10.2 Å². The van der Waals surface area contributed by atoms with Crippen molar-refractivity contribution in [1.29, 1.82) is 0 Å². The number of aryl methyl sites for hydroxylation is 1. The first kappa shape index (κ1) is 22.6. The SMILES string of the molecule is CC(Sc1nnc(CCC(N)=O)n1CC1CCCO1)C(=O)NCc1ccc(Cl)cc1. The number of ether oxygens (including phenoxy) is 1. The van der Waals surface area contributed by atoms with Crippen molar-refractivity contribution in [2.45, 2.75) is 62.2 Å². The number of halogens is 1. The molecule has 30 heavy (non-hydrogen) atoms. The maximum absolute atomic E-state index is 12.6. The number of benzene rings is 1. The highest BCUT2D eigenvalue weighted by molar-refractivity contribution is 8.00. The zero-order valence-electron chi connectivity index (χ0n) is 16.8. The van der Waals surface area contributed by atoms with Gasteiger partial charge >= 0.3 is 0 Å². The minimum atomic E-state index is -0.384. The topological polar surface area (TPSA) is 112 Å². The summed E-state index contributed by atoms with van der Waals surface area (Å²) in [6.45, 7) is 3.60. The highest BCUT2D eigenvalue weighted by Crippen LogP contribution is 2.25. The van der Waals surface area contributed by atoms with E-state index in [1.807, 2.05) is 23.6 Å². The summed E-state index contributed by atoms with van der Waals surface area (Å²) in [6.07, 6.45) is 2.68. The van der Waals surface area contributed by atoms with Crippen LogP contribution in [0, 0.1) is 0 Å². The summed E-state index contributed by atoms with van der Waals surface area (Å²) in [7, 11) is 0. The molecule has 2 amide bonds. The molecule has 1 fully saturated rings. The van der Waals surface area contributed by atoms with Gasteiger partial charge < -0.3 is 20.4 Å². The van der Waals surface area contributed by atoms with Crippen LogP contribution < -0.4 is 11.1 Å². The third-order valence-corrected chi connectivity index (χ3v) is 6.16. The van der Waals surface area contributed by atoms with Crippen LogP contribution in [0.15, 0.2) is 29.4 Å². The van der Waals surface area contributed by atoms with E-state index in [9.17, 15) is 9.59 Å². The third-order valence-electron chi connectivity index (χ3n) is 4.83. The number of thioether (sulfide) groups is 1. The van der Waals surface area contributed by atoms with E-state index in [4.69, 9.17) is 22.1 Å². The van der Waals surface area contributed by atoms with Crippen molar-refractivity contribution in [3.8, 4) is 0 Å². The molecule has 0 radical (unpaired) electrons. The van der Waals surface area contributed by atoms with Crippen LogP contribution in [0.4, 0.5) is 0 Å². The lowest BCUT2D eigenvalue weighted by molar-refractivity contribution is -0.120. The van der Waals surface area contributed by atoms with E-state index < -0.39 is 0 Å². The Morgan fingerprint density at radius 2 is 2.13 bits per heavy atom. The number of amides is 2. The fourth-order valence-corrected chi connectivity index (χ4v) is 4.18. The van der Waals surface area contributed by atoms with Crippen molar-refractivity contribution in [3.05, 3.63) is 40.7 Å². The van der Waals surface area contributed by atoms with Crippen LogP contribution >= 0.6 is 23.4 Å². The molecule has 1 saturated heterocycles. The summed E-state index contributed by atoms with van der Waals surface area (Å²) in [5, 5.41) is 12.4. The molecule has 3 rings (SSSR count). The number of nitrogens with zero attached hydrogens (tertiary/aromatic N) is 3. The Balaban J connectivity index is 1.63. The quantitative estimate of drug-likeness (QED) is 0.536. The molecule has 10 heteroatoms. The van der Waals surface area contributed by atoms with E-state index in [-0.39, 0.29) is 29.6 Å². The number of rotatable bonds is 10. The third kappa shape index (κ3) is 6.45. The van der Waals surface area contributed by atoms with Gasteiger partial charge in [-0.05, 0) is 37.5 Å². The lowest BCUT2D eigenvalue weighted by Gasteiger charge is -2.16. The molecule has 0 spiro atoms. The molecule has 2 atom stereocenters. The van der Waals surface area contributed by atoms with Crippen LogP contribution in [0.3, 0.4) is 0 Å². The van der Waals surface area contributed by atoms with Gasteiger partial charge in [0, 0.05) is 31.0 Å². The predicted molar refractivity (Wildman–Crippen MR) is 115 cm³/mol.